The van der Waals surface area contributed by atoms with E-state index < -0.39 is 34.4 Å². The number of hydrogen-bond donors (Lipinski definition) is 0. The Bertz CT molecular complexity index is 1380. The SMILES string of the molecule is CCc1c(F)cc(F)c(-n2c(=O)n(Cc3ccncc3)c(=O)c3cccnc32)c1F. The Kier molecular flexibility index (Phi) is 4.94. The van der Waals surface area contributed by atoms with Crippen LogP contribution < -0.4 is 11.2 Å². The Morgan fingerprint density at radius 3 is 2.43 bits per heavy atom. The fraction of sp³-hybridized carbons (Fsp3) is 0.143. The number of fused-ring (bicyclic) bond motifs is 1. The molecule has 3 aromatic heterocycles. The number of rotatable bonds is 4. The summed E-state index contributed by atoms with van der Waals surface area (Å²) in [6, 6.07) is 6.63. The molecule has 1 aromatic carbocycles. The van der Waals surface area contributed by atoms with Crippen LogP contribution in [0.3, 0.4) is 0 Å². The van der Waals surface area contributed by atoms with Crippen LogP contribution in [0.2, 0.25) is 0 Å². The zero-order valence-electron chi connectivity index (χ0n) is 15.8. The second-order valence-corrected chi connectivity index (χ2v) is 6.57. The Morgan fingerprint density at radius 1 is 1.00 bits per heavy atom. The molecule has 9 heteroatoms. The minimum absolute atomic E-state index is 0.00710. The van der Waals surface area contributed by atoms with Crippen molar-refractivity contribution in [2.75, 3.05) is 0 Å². The molecule has 0 aliphatic heterocycles. The number of halogens is 3. The third kappa shape index (κ3) is 3.08. The largest absolute Gasteiger partial charge is 0.337 e. The highest BCUT2D eigenvalue weighted by atomic mass is 19.1. The third-order valence-electron chi connectivity index (χ3n) is 4.80. The van der Waals surface area contributed by atoms with Crippen molar-refractivity contribution in [1.29, 1.82) is 0 Å². The molecular weight excluding hydrogens is 397 g/mol. The van der Waals surface area contributed by atoms with Gasteiger partial charge in [-0.05, 0) is 36.2 Å². The monoisotopic (exact) mass is 412 g/mol. The zero-order valence-corrected chi connectivity index (χ0v) is 15.8. The first-order chi connectivity index (χ1) is 14.4. The van der Waals surface area contributed by atoms with Gasteiger partial charge in [0.1, 0.15) is 11.5 Å². The number of nitrogens with zero attached hydrogens (tertiary/aromatic N) is 4. The Labute approximate surface area is 167 Å². The first kappa shape index (κ1) is 19.6. The zero-order chi connectivity index (χ0) is 21.4. The first-order valence-electron chi connectivity index (χ1n) is 9.10. The molecule has 4 aromatic rings. The Morgan fingerprint density at radius 2 is 1.73 bits per heavy atom. The quantitative estimate of drug-likeness (QED) is 0.517. The summed E-state index contributed by atoms with van der Waals surface area (Å²) in [7, 11) is 0. The van der Waals surface area contributed by atoms with Crippen LogP contribution in [0.15, 0.2) is 58.5 Å². The van der Waals surface area contributed by atoms with Crippen LogP contribution in [0.1, 0.15) is 18.1 Å². The second kappa shape index (κ2) is 7.58. The fourth-order valence-electron chi connectivity index (χ4n) is 3.35. The fourth-order valence-corrected chi connectivity index (χ4v) is 3.35. The lowest BCUT2D eigenvalue weighted by atomic mass is 10.1. The number of hydrogen-bond acceptors (Lipinski definition) is 4. The molecule has 0 radical (unpaired) electrons. The molecule has 0 saturated carbocycles. The maximum Gasteiger partial charge on any atom is 0.337 e. The van der Waals surface area contributed by atoms with Crippen LogP contribution in [0.5, 0.6) is 0 Å². The summed E-state index contributed by atoms with van der Waals surface area (Å²) in [5.41, 5.74) is -2.41. The van der Waals surface area contributed by atoms with Gasteiger partial charge in [-0.2, -0.15) is 0 Å². The van der Waals surface area contributed by atoms with E-state index in [2.05, 4.69) is 9.97 Å². The molecule has 6 nitrogen and oxygen atoms in total. The van der Waals surface area contributed by atoms with Gasteiger partial charge in [-0.15, -0.1) is 0 Å². The standard InChI is InChI=1S/C21H15F3N4O2/c1-2-13-15(22)10-16(23)18(17(13)24)28-19-14(4-3-7-26-19)20(29)27(21(28)30)11-12-5-8-25-9-6-12/h3-10H,2,11H2,1H3. The first-order valence-corrected chi connectivity index (χ1v) is 9.10. The normalized spacial score (nSPS) is 11.2. The minimum atomic E-state index is -1.27. The molecule has 0 spiro atoms. The van der Waals surface area contributed by atoms with Gasteiger partial charge in [0.05, 0.1) is 11.9 Å². The van der Waals surface area contributed by atoms with Crippen LogP contribution in [-0.4, -0.2) is 19.1 Å². The molecule has 0 fully saturated rings. The average Bonchev–Trinajstić information content (AvgIpc) is 2.74. The molecular formula is C21H15F3N4O2. The maximum atomic E-state index is 15.1. The molecule has 3 heterocycles. The molecule has 0 bridgehead atoms. The highest BCUT2D eigenvalue weighted by Gasteiger charge is 2.24. The minimum Gasteiger partial charge on any atom is -0.268 e. The van der Waals surface area contributed by atoms with E-state index in [1.165, 1.54) is 37.6 Å². The van der Waals surface area contributed by atoms with Crippen LogP contribution in [0.25, 0.3) is 16.7 Å². The van der Waals surface area contributed by atoms with Gasteiger partial charge < -0.3 is 0 Å². The van der Waals surface area contributed by atoms with Crippen LogP contribution >= 0.6 is 0 Å². The highest BCUT2D eigenvalue weighted by Crippen LogP contribution is 2.25. The summed E-state index contributed by atoms with van der Waals surface area (Å²) in [5.74, 6) is -3.53. The summed E-state index contributed by atoms with van der Waals surface area (Å²) in [6.07, 6.45) is 4.23. The second-order valence-electron chi connectivity index (χ2n) is 6.57. The van der Waals surface area contributed by atoms with Gasteiger partial charge in [0.15, 0.2) is 17.3 Å². The van der Waals surface area contributed by atoms with Gasteiger partial charge >= 0.3 is 5.69 Å². The summed E-state index contributed by atoms with van der Waals surface area (Å²) in [6.45, 7) is 1.36. The molecule has 4 rings (SSSR count). The van der Waals surface area contributed by atoms with Crippen LogP contribution in [0.4, 0.5) is 13.2 Å². The number of pyridine rings is 2. The summed E-state index contributed by atoms with van der Waals surface area (Å²) in [5, 5.41) is -0.00710. The lowest BCUT2D eigenvalue weighted by molar-refractivity contribution is 0.513. The molecule has 0 aliphatic rings. The van der Waals surface area contributed by atoms with Gasteiger partial charge in [0.25, 0.3) is 5.56 Å². The van der Waals surface area contributed by atoms with Crippen molar-refractivity contribution < 1.29 is 13.2 Å². The van der Waals surface area contributed by atoms with E-state index in [1.54, 1.807) is 12.1 Å². The molecule has 0 unspecified atom stereocenters. The van der Waals surface area contributed by atoms with Crippen molar-refractivity contribution >= 4 is 11.0 Å². The molecule has 152 valence electrons. The van der Waals surface area contributed by atoms with E-state index in [9.17, 15) is 18.4 Å². The van der Waals surface area contributed by atoms with Crippen molar-refractivity contribution in [3.63, 3.8) is 0 Å². The van der Waals surface area contributed by atoms with Crippen molar-refractivity contribution in [3.8, 4) is 5.69 Å². The van der Waals surface area contributed by atoms with E-state index >= 15 is 4.39 Å². The molecule has 30 heavy (non-hydrogen) atoms. The third-order valence-corrected chi connectivity index (χ3v) is 4.80. The summed E-state index contributed by atoms with van der Waals surface area (Å²) < 4.78 is 45.3. The van der Waals surface area contributed by atoms with Gasteiger partial charge in [-0.25, -0.2) is 27.5 Å². The highest BCUT2D eigenvalue weighted by molar-refractivity contribution is 5.75. The van der Waals surface area contributed by atoms with Gasteiger partial charge in [-0.3, -0.25) is 14.3 Å². The van der Waals surface area contributed by atoms with Crippen molar-refractivity contribution in [2.45, 2.75) is 19.9 Å². The van der Waals surface area contributed by atoms with E-state index in [1.807, 2.05) is 0 Å². The predicted molar refractivity (Wildman–Crippen MR) is 104 cm³/mol. The van der Waals surface area contributed by atoms with E-state index in [4.69, 9.17) is 0 Å². The van der Waals surface area contributed by atoms with Crippen molar-refractivity contribution in [1.82, 2.24) is 19.1 Å². The summed E-state index contributed by atoms with van der Waals surface area (Å²) in [4.78, 5) is 34.1. The lowest BCUT2D eigenvalue weighted by Gasteiger charge is -2.16. The van der Waals surface area contributed by atoms with E-state index in [0.717, 1.165) is 4.57 Å². The average molecular weight is 412 g/mol. The number of aromatic nitrogens is 4. The van der Waals surface area contributed by atoms with Gasteiger partial charge in [0.2, 0.25) is 0 Å². The Hall–Kier alpha value is -3.75. The van der Waals surface area contributed by atoms with Crippen LogP contribution in [-0.2, 0) is 13.0 Å². The summed E-state index contributed by atoms with van der Waals surface area (Å²) >= 11 is 0. The Balaban J connectivity index is 2.12. The maximum absolute atomic E-state index is 15.1. The molecule has 0 N–H and O–H groups in total. The smallest absolute Gasteiger partial charge is 0.268 e. The van der Waals surface area contributed by atoms with Crippen LogP contribution in [0, 0.1) is 17.5 Å². The van der Waals surface area contributed by atoms with E-state index in [-0.39, 0.29) is 29.6 Å². The van der Waals surface area contributed by atoms with Crippen molar-refractivity contribution in [3.05, 3.63) is 98.3 Å². The number of benzene rings is 1. The van der Waals surface area contributed by atoms with E-state index in [0.29, 0.717) is 16.2 Å². The lowest BCUT2D eigenvalue weighted by Crippen LogP contribution is -2.40. The predicted octanol–water partition coefficient (Wildman–Crippen LogP) is 2.97. The molecule has 0 amide bonds. The van der Waals surface area contributed by atoms with Crippen molar-refractivity contribution in [2.24, 2.45) is 0 Å². The topological polar surface area (TPSA) is 69.8 Å². The molecule has 0 aliphatic carbocycles. The van der Waals surface area contributed by atoms with Gasteiger partial charge in [-0.1, -0.05) is 6.92 Å². The molecule has 0 atom stereocenters. The molecule has 0 saturated heterocycles. The van der Waals surface area contributed by atoms with Gasteiger partial charge in [0, 0.05) is 30.2 Å².